The fraction of sp³-hybridized carbons (Fsp3) is 0.941. The van der Waals surface area contributed by atoms with Crippen molar-refractivity contribution in [3.05, 3.63) is 0 Å². The predicted octanol–water partition coefficient (Wildman–Crippen LogP) is 3.72. The molecule has 14 heteroatoms. The van der Waals surface area contributed by atoms with Crippen LogP contribution in [-0.4, -0.2) is 111 Å². The standard InChI is InChI=1S/C34H67N5O7S2/c1-8-11-19-39(36-47(43,44)25-26(4)5)24-32(40)31(20-27-15-13-12-14-16-27)35-33(41)28-21-29(34(42)38(17-9-2)18-10-3)23-30(22-28)48(45,46)37(6)7/h26-32,36,40H,8-25H2,1-7H3,(H,35,41). The molecule has 48 heavy (non-hydrogen) atoms. The quantitative estimate of drug-likeness (QED) is 0.152. The van der Waals surface area contributed by atoms with Crippen LogP contribution in [0.1, 0.15) is 118 Å². The third-order valence-electron chi connectivity index (χ3n) is 9.73. The lowest BCUT2D eigenvalue weighted by Crippen LogP contribution is -2.55. The molecule has 2 saturated carbocycles. The first-order valence-corrected chi connectivity index (χ1v) is 21.6. The zero-order valence-electron chi connectivity index (χ0n) is 30.8. The van der Waals surface area contributed by atoms with Crippen LogP contribution in [0.3, 0.4) is 0 Å². The molecule has 0 saturated heterocycles. The second kappa shape index (κ2) is 20.5. The zero-order chi connectivity index (χ0) is 36.1. The lowest BCUT2D eigenvalue weighted by Gasteiger charge is -2.38. The van der Waals surface area contributed by atoms with E-state index in [0.29, 0.717) is 32.0 Å². The normalized spacial score (nSPS) is 22.6. The van der Waals surface area contributed by atoms with Crippen molar-refractivity contribution in [3.63, 3.8) is 0 Å². The number of hydrogen-bond acceptors (Lipinski definition) is 8. The Balaban J connectivity index is 2.36. The maximum atomic E-state index is 14.1. The summed E-state index contributed by atoms with van der Waals surface area (Å²) in [5.74, 6) is -1.59. The van der Waals surface area contributed by atoms with Gasteiger partial charge in [0.2, 0.25) is 31.9 Å². The number of nitrogens with zero attached hydrogens (tertiary/aromatic N) is 3. The summed E-state index contributed by atoms with van der Waals surface area (Å²) in [5, 5.41) is 15.4. The summed E-state index contributed by atoms with van der Waals surface area (Å²) in [6, 6.07) is -0.656. The van der Waals surface area contributed by atoms with Crippen LogP contribution < -0.4 is 10.1 Å². The summed E-state index contributed by atoms with van der Waals surface area (Å²) < 4.78 is 53.7. The summed E-state index contributed by atoms with van der Waals surface area (Å²) in [7, 11) is -4.41. The van der Waals surface area contributed by atoms with Gasteiger partial charge in [-0.3, -0.25) is 9.59 Å². The second-order valence-corrected chi connectivity index (χ2v) is 19.0. The fourth-order valence-electron chi connectivity index (χ4n) is 7.30. The van der Waals surface area contributed by atoms with Gasteiger partial charge in [-0.2, -0.15) is 0 Å². The van der Waals surface area contributed by atoms with Crippen LogP contribution in [0.15, 0.2) is 0 Å². The molecule has 2 rings (SSSR count). The highest BCUT2D eigenvalue weighted by Crippen LogP contribution is 2.36. The number of sulfonamides is 2. The molecule has 2 aliphatic carbocycles. The van der Waals surface area contributed by atoms with E-state index in [2.05, 4.69) is 10.1 Å². The van der Waals surface area contributed by atoms with Crippen LogP contribution in [0.25, 0.3) is 0 Å². The van der Waals surface area contributed by atoms with Crippen molar-refractivity contribution in [1.29, 1.82) is 0 Å². The Hall–Kier alpha value is -1.32. The van der Waals surface area contributed by atoms with Gasteiger partial charge in [-0.25, -0.2) is 26.1 Å². The van der Waals surface area contributed by atoms with Crippen molar-refractivity contribution in [2.45, 2.75) is 135 Å². The van der Waals surface area contributed by atoms with E-state index in [9.17, 15) is 31.5 Å². The molecule has 5 unspecified atom stereocenters. The molecule has 5 atom stereocenters. The number of aliphatic hydroxyl groups excluding tert-OH is 1. The largest absolute Gasteiger partial charge is 0.390 e. The number of carbonyl (C=O) groups is 2. The molecule has 2 amide bonds. The highest BCUT2D eigenvalue weighted by Gasteiger charge is 2.44. The SMILES string of the molecule is CCCCN(CC(O)C(CC1CCCCC1)NC(=O)C1CC(C(=O)N(CCC)CCC)CC(S(=O)(=O)N(C)C)C1)NS(=O)(=O)CC(C)C. The van der Waals surface area contributed by atoms with Crippen LogP contribution in [0.5, 0.6) is 0 Å². The Labute approximate surface area is 292 Å². The Kier molecular flexibility index (Phi) is 18.3. The minimum Gasteiger partial charge on any atom is -0.390 e. The van der Waals surface area contributed by atoms with Gasteiger partial charge in [0.05, 0.1) is 23.1 Å². The Morgan fingerprint density at radius 3 is 2.00 bits per heavy atom. The van der Waals surface area contributed by atoms with E-state index in [0.717, 1.165) is 57.8 Å². The van der Waals surface area contributed by atoms with Crippen LogP contribution in [0.2, 0.25) is 0 Å². The van der Waals surface area contributed by atoms with Crippen LogP contribution in [0.4, 0.5) is 0 Å². The van der Waals surface area contributed by atoms with Crippen LogP contribution >= 0.6 is 0 Å². The van der Waals surface area contributed by atoms with E-state index < -0.39 is 49.3 Å². The molecule has 0 spiro atoms. The van der Waals surface area contributed by atoms with E-state index >= 15 is 0 Å². The van der Waals surface area contributed by atoms with Gasteiger partial charge in [0.25, 0.3) is 0 Å². The summed E-state index contributed by atoms with van der Waals surface area (Å²) in [4.78, 5) is 32.3. The summed E-state index contributed by atoms with van der Waals surface area (Å²) in [5.41, 5.74) is 0. The minimum atomic E-state index is -3.74. The zero-order valence-corrected chi connectivity index (χ0v) is 32.5. The van der Waals surface area contributed by atoms with Crippen LogP contribution in [-0.2, 0) is 29.6 Å². The third kappa shape index (κ3) is 13.8. The second-order valence-electron chi connectivity index (χ2n) is 14.9. The van der Waals surface area contributed by atoms with Gasteiger partial charge in [0, 0.05) is 52.1 Å². The first-order chi connectivity index (χ1) is 22.5. The molecular weight excluding hydrogens is 655 g/mol. The van der Waals surface area contributed by atoms with Crippen molar-refractivity contribution in [1.82, 2.24) is 24.4 Å². The summed E-state index contributed by atoms with van der Waals surface area (Å²) in [6.07, 6.45) is 8.44. The van der Waals surface area contributed by atoms with Gasteiger partial charge >= 0.3 is 0 Å². The maximum absolute atomic E-state index is 14.1. The van der Waals surface area contributed by atoms with Crippen molar-refractivity contribution >= 4 is 31.9 Å². The van der Waals surface area contributed by atoms with E-state index in [4.69, 9.17) is 0 Å². The number of hydrogen-bond donors (Lipinski definition) is 3. The Morgan fingerprint density at radius 2 is 1.46 bits per heavy atom. The monoisotopic (exact) mass is 721 g/mol. The number of amides is 2. The maximum Gasteiger partial charge on any atom is 0.225 e. The van der Waals surface area contributed by atoms with Gasteiger partial charge < -0.3 is 15.3 Å². The summed E-state index contributed by atoms with van der Waals surface area (Å²) >= 11 is 0. The molecular formula is C34H67N5O7S2. The number of nitrogens with one attached hydrogen (secondary N) is 2. The summed E-state index contributed by atoms with van der Waals surface area (Å²) in [6.45, 7) is 11.3. The molecule has 0 bridgehead atoms. The Morgan fingerprint density at radius 1 is 0.854 bits per heavy atom. The van der Waals surface area contributed by atoms with E-state index in [-0.39, 0.29) is 49.3 Å². The molecule has 12 nitrogen and oxygen atoms in total. The lowest BCUT2D eigenvalue weighted by atomic mass is 9.79. The van der Waals surface area contributed by atoms with E-state index in [1.165, 1.54) is 18.4 Å². The molecule has 0 radical (unpaired) electrons. The number of rotatable bonds is 21. The van der Waals surface area contributed by atoms with Crippen molar-refractivity contribution in [3.8, 4) is 0 Å². The minimum absolute atomic E-state index is 0.00139. The molecule has 2 fully saturated rings. The topological polar surface area (TPSA) is 156 Å². The number of carbonyl (C=O) groups excluding carboxylic acids is 2. The van der Waals surface area contributed by atoms with E-state index in [1.54, 1.807) is 9.91 Å². The molecule has 0 aliphatic heterocycles. The molecule has 0 aromatic rings. The molecule has 0 aromatic heterocycles. The van der Waals surface area contributed by atoms with Crippen LogP contribution in [0, 0.1) is 23.7 Å². The van der Waals surface area contributed by atoms with E-state index in [1.807, 2.05) is 34.6 Å². The number of aliphatic hydroxyl groups is 1. The smallest absolute Gasteiger partial charge is 0.225 e. The first kappa shape index (κ1) is 42.8. The molecule has 3 N–H and O–H groups in total. The van der Waals surface area contributed by atoms with Gasteiger partial charge in [0.1, 0.15) is 0 Å². The molecule has 282 valence electrons. The van der Waals surface area contributed by atoms with Gasteiger partial charge in [0.15, 0.2) is 0 Å². The molecule has 0 heterocycles. The first-order valence-electron chi connectivity index (χ1n) is 18.5. The molecule has 0 aromatic carbocycles. The average molecular weight is 722 g/mol. The average Bonchev–Trinajstić information content (AvgIpc) is 3.02. The lowest BCUT2D eigenvalue weighted by molar-refractivity contribution is -0.138. The number of unbranched alkanes of at least 4 members (excludes halogenated alkanes) is 1. The predicted molar refractivity (Wildman–Crippen MR) is 192 cm³/mol. The van der Waals surface area contributed by atoms with Gasteiger partial charge in [-0.05, 0) is 56.8 Å². The fourth-order valence-corrected chi connectivity index (χ4v) is 10.4. The Bertz CT molecular complexity index is 1190. The number of hydrazine groups is 1. The third-order valence-corrected chi connectivity index (χ3v) is 13.6. The van der Waals surface area contributed by atoms with Crippen molar-refractivity contribution in [2.75, 3.05) is 46.0 Å². The highest BCUT2D eigenvalue weighted by atomic mass is 32.2. The van der Waals surface area contributed by atoms with Crippen molar-refractivity contribution in [2.24, 2.45) is 23.7 Å². The van der Waals surface area contributed by atoms with Gasteiger partial charge in [-0.1, -0.05) is 73.1 Å². The van der Waals surface area contributed by atoms with Gasteiger partial charge in [-0.15, -0.1) is 4.83 Å². The molecule has 2 aliphatic rings. The van der Waals surface area contributed by atoms with Crippen molar-refractivity contribution < 1.29 is 31.5 Å². The highest BCUT2D eigenvalue weighted by molar-refractivity contribution is 7.89.